The highest BCUT2D eigenvalue weighted by Gasteiger charge is 1.99. The Balaban J connectivity index is 1.82. The molecule has 2 aromatic rings. The molecule has 0 heterocycles. The fourth-order valence-electron chi connectivity index (χ4n) is 2.34. The number of benzene rings is 2. The van der Waals surface area contributed by atoms with Crippen molar-refractivity contribution < 1.29 is 4.74 Å². The van der Waals surface area contributed by atoms with Crippen LogP contribution in [0.25, 0.3) is 12.2 Å². The van der Waals surface area contributed by atoms with Crippen LogP contribution in [-0.2, 0) is 0 Å². The van der Waals surface area contributed by atoms with Crippen LogP contribution in [0.5, 0.6) is 5.75 Å². The van der Waals surface area contributed by atoms with Gasteiger partial charge in [0.2, 0.25) is 0 Å². The van der Waals surface area contributed by atoms with E-state index in [1.165, 1.54) is 12.0 Å². The SMILES string of the molecule is CCCNCCCCOc1ccccc1/C=C/c1ccccc1. The van der Waals surface area contributed by atoms with E-state index in [9.17, 15) is 0 Å². The van der Waals surface area contributed by atoms with Crippen LogP contribution in [0.4, 0.5) is 0 Å². The third kappa shape index (κ3) is 6.70. The van der Waals surface area contributed by atoms with Crippen molar-refractivity contribution in [3.05, 3.63) is 65.7 Å². The van der Waals surface area contributed by atoms with Gasteiger partial charge in [0, 0.05) is 5.56 Å². The van der Waals surface area contributed by atoms with Crippen LogP contribution in [0.1, 0.15) is 37.3 Å². The van der Waals surface area contributed by atoms with Crippen LogP contribution < -0.4 is 10.1 Å². The van der Waals surface area contributed by atoms with Gasteiger partial charge in [0.05, 0.1) is 6.61 Å². The Kier molecular flexibility index (Phi) is 7.99. The van der Waals surface area contributed by atoms with Crippen molar-refractivity contribution in [2.45, 2.75) is 26.2 Å². The molecule has 2 nitrogen and oxygen atoms in total. The minimum atomic E-state index is 0.768. The minimum Gasteiger partial charge on any atom is -0.493 e. The maximum atomic E-state index is 5.95. The Hall–Kier alpha value is -2.06. The smallest absolute Gasteiger partial charge is 0.126 e. The second kappa shape index (κ2) is 10.6. The molecule has 0 saturated heterocycles. The molecule has 0 fully saturated rings. The van der Waals surface area contributed by atoms with E-state index in [1.54, 1.807) is 0 Å². The number of hydrogen-bond acceptors (Lipinski definition) is 2. The van der Waals surface area contributed by atoms with Crippen molar-refractivity contribution in [1.82, 2.24) is 5.32 Å². The molecular weight excluding hydrogens is 282 g/mol. The summed E-state index contributed by atoms with van der Waals surface area (Å²) in [5.41, 5.74) is 2.32. The summed E-state index contributed by atoms with van der Waals surface area (Å²) in [6, 6.07) is 18.5. The number of ether oxygens (including phenoxy) is 1. The van der Waals surface area contributed by atoms with E-state index < -0.39 is 0 Å². The van der Waals surface area contributed by atoms with E-state index in [-0.39, 0.29) is 0 Å². The summed E-state index contributed by atoms with van der Waals surface area (Å²) in [6.45, 7) is 5.14. The predicted octanol–water partition coefficient (Wildman–Crippen LogP) is 5.02. The van der Waals surface area contributed by atoms with E-state index >= 15 is 0 Å². The molecule has 2 aromatic carbocycles. The van der Waals surface area contributed by atoms with Gasteiger partial charge >= 0.3 is 0 Å². The highest BCUT2D eigenvalue weighted by atomic mass is 16.5. The molecule has 0 spiro atoms. The molecule has 23 heavy (non-hydrogen) atoms. The molecule has 2 heteroatoms. The molecule has 0 saturated carbocycles. The van der Waals surface area contributed by atoms with Crippen LogP contribution in [0, 0.1) is 0 Å². The largest absolute Gasteiger partial charge is 0.493 e. The molecular formula is C21H27NO. The standard InChI is InChI=1S/C21H27NO/c1-2-16-22-17-8-9-18-23-21-13-7-6-12-20(21)15-14-19-10-4-3-5-11-19/h3-7,10-15,22H,2,8-9,16-18H2,1H3/b15-14+. The van der Waals surface area contributed by atoms with Gasteiger partial charge in [0.25, 0.3) is 0 Å². The Morgan fingerprint density at radius 1 is 0.870 bits per heavy atom. The first-order valence-corrected chi connectivity index (χ1v) is 8.56. The summed E-state index contributed by atoms with van der Waals surface area (Å²) in [5.74, 6) is 0.959. The molecule has 0 unspecified atom stereocenters. The Morgan fingerprint density at radius 3 is 2.48 bits per heavy atom. The van der Waals surface area contributed by atoms with E-state index in [0.717, 1.165) is 43.9 Å². The van der Waals surface area contributed by atoms with Crippen molar-refractivity contribution in [3.63, 3.8) is 0 Å². The fourth-order valence-corrected chi connectivity index (χ4v) is 2.34. The van der Waals surface area contributed by atoms with Crippen LogP contribution >= 0.6 is 0 Å². The summed E-state index contributed by atoms with van der Waals surface area (Å²) in [7, 11) is 0. The zero-order valence-electron chi connectivity index (χ0n) is 14.0. The molecule has 0 radical (unpaired) electrons. The Labute approximate surface area is 140 Å². The fraction of sp³-hybridized carbons (Fsp3) is 0.333. The molecule has 0 atom stereocenters. The van der Waals surface area contributed by atoms with Crippen molar-refractivity contribution in [3.8, 4) is 5.75 Å². The number of unbranched alkanes of at least 4 members (excludes halogenated alkanes) is 1. The molecule has 1 N–H and O–H groups in total. The van der Waals surface area contributed by atoms with Crippen LogP contribution in [-0.4, -0.2) is 19.7 Å². The van der Waals surface area contributed by atoms with E-state index in [4.69, 9.17) is 4.74 Å². The molecule has 122 valence electrons. The van der Waals surface area contributed by atoms with Crippen molar-refractivity contribution in [2.75, 3.05) is 19.7 Å². The maximum Gasteiger partial charge on any atom is 0.126 e. The van der Waals surface area contributed by atoms with Gasteiger partial charge in [-0.25, -0.2) is 0 Å². The van der Waals surface area contributed by atoms with E-state index in [2.05, 4.69) is 54.7 Å². The zero-order valence-corrected chi connectivity index (χ0v) is 14.0. The number of nitrogens with one attached hydrogen (secondary N) is 1. The number of hydrogen-bond donors (Lipinski definition) is 1. The highest BCUT2D eigenvalue weighted by molar-refractivity contribution is 5.72. The summed E-state index contributed by atoms with van der Waals surface area (Å²) in [6.07, 6.45) is 7.66. The third-order valence-corrected chi connectivity index (χ3v) is 3.61. The van der Waals surface area contributed by atoms with Crippen molar-refractivity contribution in [1.29, 1.82) is 0 Å². The second-order valence-corrected chi connectivity index (χ2v) is 5.59. The maximum absolute atomic E-state index is 5.95. The predicted molar refractivity (Wildman–Crippen MR) is 99.7 cm³/mol. The van der Waals surface area contributed by atoms with Gasteiger partial charge in [0.15, 0.2) is 0 Å². The van der Waals surface area contributed by atoms with Crippen LogP contribution in [0.3, 0.4) is 0 Å². The zero-order chi connectivity index (χ0) is 16.2. The summed E-state index contributed by atoms with van der Waals surface area (Å²) < 4.78 is 5.95. The van der Waals surface area contributed by atoms with Gasteiger partial charge in [-0.05, 0) is 44.0 Å². The van der Waals surface area contributed by atoms with Gasteiger partial charge in [-0.15, -0.1) is 0 Å². The number of rotatable bonds is 10. The molecule has 0 bridgehead atoms. The molecule has 2 rings (SSSR count). The quantitative estimate of drug-likeness (QED) is 0.492. The number of para-hydroxylation sites is 1. The topological polar surface area (TPSA) is 21.3 Å². The lowest BCUT2D eigenvalue weighted by molar-refractivity contribution is 0.305. The molecule has 0 aliphatic carbocycles. The second-order valence-electron chi connectivity index (χ2n) is 5.59. The summed E-state index contributed by atoms with van der Waals surface area (Å²) in [4.78, 5) is 0. The average molecular weight is 309 g/mol. The van der Waals surface area contributed by atoms with Crippen molar-refractivity contribution in [2.24, 2.45) is 0 Å². The van der Waals surface area contributed by atoms with Gasteiger partial charge in [0.1, 0.15) is 5.75 Å². The van der Waals surface area contributed by atoms with Gasteiger partial charge < -0.3 is 10.1 Å². The Morgan fingerprint density at radius 2 is 1.65 bits per heavy atom. The van der Waals surface area contributed by atoms with E-state index in [0.29, 0.717) is 0 Å². The molecule has 0 aliphatic heterocycles. The lowest BCUT2D eigenvalue weighted by Crippen LogP contribution is -2.16. The van der Waals surface area contributed by atoms with Gasteiger partial charge in [-0.2, -0.15) is 0 Å². The highest BCUT2D eigenvalue weighted by Crippen LogP contribution is 2.21. The van der Waals surface area contributed by atoms with Gasteiger partial charge in [-0.1, -0.05) is 67.6 Å². The first kappa shape index (κ1) is 17.3. The molecule has 0 aromatic heterocycles. The monoisotopic (exact) mass is 309 g/mol. The molecule has 0 aliphatic rings. The lowest BCUT2D eigenvalue weighted by atomic mass is 10.1. The van der Waals surface area contributed by atoms with Crippen LogP contribution in [0.2, 0.25) is 0 Å². The average Bonchev–Trinajstić information content (AvgIpc) is 2.61. The van der Waals surface area contributed by atoms with Crippen LogP contribution in [0.15, 0.2) is 54.6 Å². The first-order valence-electron chi connectivity index (χ1n) is 8.56. The van der Waals surface area contributed by atoms with Gasteiger partial charge in [-0.3, -0.25) is 0 Å². The summed E-state index contributed by atoms with van der Waals surface area (Å²) in [5, 5.41) is 3.42. The van der Waals surface area contributed by atoms with Crippen molar-refractivity contribution >= 4 is 12.2 Å². The summed E-state index contributed by atoms with van der Waals surface area (Å²) >= 11 is 0. The minimum absolute atomic E-state index is 0.768. The Bertz CT molecular complexity index is 577. The lowest BCUT2D eigenvalue weighted by Gasteiger charge is -2.09. The normalized spacial score (nSPS) is 11.0. The van der Waals surface area contributed by atoms with E-state index in [1.807, 2.05) is 24.3 Å². The third-order valence-electron chi connectivity index (χ3n) is 3.61. The molecule has 0 amide bonds. The first-order chi connectivity index (χ1) is 11.4.